The predicted octanol–water partition coefficient (Wildman–Crippen LogP) is 7.30. The monoisotopic (exact) mass is 572 g/mol. The van der Waals surface area contributed by atoms with Gasteiger partial charge in [0.2, 0.25) is 11.8 Å². The van der Waals surface area contributed by atoms with E-state index in [9.17, 15) is 14.4 Å². The Balaban J connectivity index is 1.23. The molecule has 2 bridgehead atoms. The number of anilines is 2. The molecule has 3 amide bonds. The van der Waals surface area contributed by atoms with Crippen molar-refractivity contribution in [3.05, 3.63) is 128 Å². The summed E-state index contributed by atoms with van der Waals surface area (Å²) in [5.74, 6) is -2.28. The highest BCUT2D eigenvalue weighted by Crippen LogP contribution is 2.61. The molecule has 4 aromatic rings. The average molecular weight is 574 g/mol. The molecule has 1 N–H and O–H groups in total. The lowest BCUT2D eigenvalue weighted by atomic mass is 9.55. The van der Waals surface area contributed by atoms with E-state index >= 15 is 0 Å². The van der Waals surface area contributed by atoms with Crippen molar-refractivity contribution >= 4 is 63.9 Å². The average Bonchev–Trinajstić information content (AvgIpc) is 3.20. The molecule has 0 radical (unpaired) electrons. The number of imide groups is 1. The van der Waals surface area contributed by atoms with Crippen LogP contribution in [-0.4, -0.2) is 17.7 Å². The van der Waals surface area contributed by atoms with Crippen LogP contribution in [0.15, 0.2) is 84.9 Å². The Kier molecular flexibility index (Phi) is 5.60. The first-order valence-electron chi connectivity index (χ1n) is 12.5. The number of nitrogens with zero attached hydrogens (tertiary/aromatic N) is 1. The number of hydrogen-bond donors (Lipinski definition) is 1. The van der Waals surface area contributed by atoms with Gasteiger partial charge in [-0.15, -0.1) is 0 Å². The summed E-state index contributed by atoms with van der Waals surface area (Å²) in [5.41, 5.74) is 5.40. The summed E-state index contributed by atoms with van der Waals surface area (Å²) in [6.45, 7) is 0. The highest BCUT2D eigenvalue weighted by molar-refractivity contribution is 6.38. The summed E-state index contributed by atoms with van der Waals surface area (Å²) in [4.78, 5) is 42.0. The molecule has 5 nitrogen and oxygen atoms in total. The van der Waals surface area contributed by atoms with Gasteiger partial charge in [0.25, 0.3) is 5.91 Å². The van der Waals surface area contributed by atoms with Gasteiger partial charge in [0.15, 0.2) is 0 Å². The van der Waals surface area contributed by atoms with Crippen LogP contribution in [0.3, 0.4) is 0 Å². The van der Waals surface area contributed by atoms with Crippen molar-refractivity contribution in [1.29, 1.82) is 0 Å². The number of rotatable bonds is 3. The van der Waals surface area contributed by atoms with Gasteiger partial charge in [-0.05, 0) is 58.7 Å². The SMILES string of the molecule is O=C(Nc1ccc(N2C(=O)[C@H]3C4c5ccccc5C(c5ccccc54)[C@@H]3C2=O)cc1Cl)c1ccc(Cl)cc1Cl. The number of nitrogens with one attached hydrogen (secondary N) is 1. The lowest BCUT2D eigenvalue weighted by Gasteiger charge is -2.45. The first kappa shape index (κ1) is 24.4. The normalized spacial score (nSPS) is 22.4. The standard InChI is InChI=1S/C31H19Cl3N2O3/c32-15-9-11-21(22(33)13-15)29(37)35-24-12-10-16(14-23(24)34)36-30(38)27-25-17-5-1-2-6-18(17)26(28(27)31(36)39)20-8-4-3-7-19(20)25/h1-14,25-28H,(H,35,37)/t25?,26?,27-,28-/m0/s1. The van der Waals surface area contributed by atoms with Gasteiger partial charge in [0, 0.05) is 16.9 Å². The molecule has 3 aliphatic carbocycles. The molecule has 8 heteroatoms. The van der Waals surface area contributed by atoms with E-state index < -0.39 is 17.7 Å². The van der Waals surface area contributed by atoms with E-state index in [2.05, 4.69) is 29.6 Å². The summed E-state index contributed by atoms with van der Waals surface area (Å²) in [6, 6.07) is 25.5. The van der Waals surface area contributed by atoms with Crippen molar-refractivity contribution in [2.45, 2.75) is 11.8 Å². The second kappa shape index (κ2) is 8.95. The molecular formula is C31H19Cl3N2O3. The number of benzene rings is 4. The number of halogens is 3. The van der Waals surface area contributed by atoms with E-state index in [4.69, 9.17) is 34.8 Å². The Hall–Kier alpha value is -3.64. The van der Waals surface area contributed by atoms with E-state index in [0.717, 1.165) is 22.3 Å². The molecule has 192 valence electrons. The summed E-state index contributed by atoms with van der Waals surface area (Å²) >= 11 is 18.7. The zero-order chi connectivity index (χ0) is 27.0. The lowest BCUT2D eigenvalue weighted by molar-refractivity contribution is -0.122. The molecule has 1 saturated heterocycles. The summed E-state index contributed by atoms with van der Waals surface area (Å²) < 4.78 is 0. The van der Waals surface area contributed by atoms with Crippen LogP contribution in [0, 0.1) is 11.8 Å². The smallest absolute Gasteiger partial charge is 0.257 e. The van der Waals surface area contributed by atoms with Gasteiger partial charge in [-0.1, -0.05) is 83.3 Å². The fourth-order valence-corrected chi connectivity index (χ4v) is 7.26. The molecule has 1 fully saturated rings. The molecule has 4 aliphatic rings. The molecule has 4 aromatic carbocycles. The van der Waals surface area contributed by atoms with E-state index in [1.165, 1.54) is 23.1 Å². The fourth-order valence-electron chi connectivity index (χ4n) is 6.54. The fraction of sp³-hybridized carbons (Fsp3) is 0.129. The molecule has 39 heavy (non-hydrogen) atoms. The number of carbonyl (C=O) groups is 3. The van der Waals surface area contributed by atoms with Gasteiger partial charge in [-0.3, -0.25) is 14.4 Å². The second-order valence-corrected chi connectivity index (χ2v) is 11.3. The van der Waals surface area contributed by atoms with Crippen LogP contribution in [0.2, 0.25) is 15.1 Å². The largest absolute Gasteiger partial charge is 0.321 e. The molecule has 0 spiro atoms. The van der Waals surface area contributed by atoms with Crippen LogP contribution < -0.4 is 10.2 Å². The maximum atomic E-state index is 14.0. The van der Waals surface area contributed by atoms with Gasteiger partial charge in [0.05, 0.1) is 38.8 Å². The molecule has 0 aromatic heterocycles. The van der Waals surface area contributed by atoms with Crippen LogP contribution in [0.5, 0.6) is 0 Å². The maximum Gasteiger partial charge on any atom is 0.257 e. The highest BCUT2D eigenvalue weighted by Gasteiger charge is 2.61. The maximum absolute atomic E-state index is 14.0. The lowest BCUT2D eigenvalue weighted by Crippen LogP contribution is -2.41. The minimum absolute atomic E-state index is 0.188. The van der Waals surface area contributed by atoms with Crippen molar-refractivity contribution < 1.29 is 14.4 Å². The number of carbonyl (C=O) groups excluding carboxylic acids is 3. The van der Waals surface area contributed by atoms with Gasteiger partial charge in [-0.25, -0.2) is 4.90 Å². The highest BCUT2D eigenvalue weighted by atomic mass is 35.5. The first-order chi connectivity index (χ1) is 18.8. The third-order valence-electron chi connectivity index (χ3n) is 8.08. The third kappa shape index (κ3) is 3.57. The molecule has 1 heterocycles. The Labute approximate surface area is 239 Å². The quantitative estimate of drug-likeness (QED) is 0.262. The van der Waals surface area contributed by atoms with Crippen molar-refractivity contribution in [3.63, 3.8) is 0 Å². The Morgan fingerprint density at radius 1 is 0.667 bits per heavy atom. The van der Waals surface area contributed by atoms with Gasteiger partial charge >= 0.3 is 0 Å². The zero-order valence-electron chi connectivity index (χ0n) is 20.2. The second-order valence-electron chi connectivity index (χ2n) is 10.0. The van der Waals surface area contributed by atoms with Crippen LogP contribution in [-0.2, 0) is 9.59 Å². The van der Waals surface area contributed by atoms with Gasteiger partial charge in [-0.2, -0.15) is 0 Å². The summed E-state index contributed by atoms with van der Waals surface area (Å²) in [6.07, 6.45) is 0. The van der Waals surface area contributed by atoms with E-state index in [0.29, 0.717) is 16.4 Å². The third-order valence-corrected chi connectivity index (χ3v) is 8.94. The van der Waals surface area contributed by atoms with E-state index in [1.54, 1.807) is 18.2 Å². The Bertz CT molecular complexity index is 1620. The van der Waals surface area contributed by atoms with Crippen LogP contribution in [0.25, 0.3) is 0 Å². The predicted molar refractivity (Wildman–Crippen MR) is 152 cm³/mol. The van der Waals surface area contributed by atoms with E-state index in [1.807, 2.05) is 24.3 Å². The van der Waals surface area contributed by atoms with Crippen molar-refractivity contribution in [3.8, 4) is 0 Å². The van der Waals surface area contributed by atoms with E-state index in [-0.39, 0.29) is 39.3 Å². The zero-order valence-corrected chi connectivity index (χ0v) is 22.5. The molecule has 1 aliphatic heterocycles. The minimum Gasteiger partial charge on any atom is -0.321 e. The minimum atomic E-state index is -0.488. The molecule has 0 saturated carbocycles. The van der Waals surface area contributed by atoms with Gasteiger partial charge < -0.3 is 5.32 Å². The van der Waals surface area contributed by atoms with Crippen molar-refractivity contribution in [2.24, 2.45) is 11.8 Å². The van der Waals surface area contributed by atoms with Crippen molar-refractivity contribution in [1.82, 2.24) is 0 Å². The first-order valence-corrected chi connectivity index (χ1v) is 13.6. The number of amides is 3. The van der Waals surface area contributed by atoms with Crippen LogP contribution >= 0.6 is 34.8 Å². The molecule has 0 unspecified atom stereocenters. The Morgan fingerprint density at radius 3 is 1.69 bits per heavy atom. The molecule has 8 rings (SSSR count). The van der Waals surface area contributed by atoms with Crippen LogP contribution in [0.4, 0.5) is 11.4 Å². The number of hydrogen-bond acceptors (Lipinski definition) is 3. The summed E-state index contributed by atoms with van der Waals surface area (Å²) in [7, 11) is 0. The Morgan fingerprint density at radius 2 is 1.21 bits per heavy atom. The van der Waals surface area contributed by atoms with Gasteiger partial charge in [0.1, 0.15) is 0 Å². The van der Waals surface area contributed by atoms with Crippen molar-refractivity contribution in [2.75, 3.05) is 10.2 Å². The summed E-state index contributed by atoms with van der Waals surface area (Å²) in [5, 5.41) is 3.55. The van der Waals surface area contributed by atoms with Crippen LogP contribution in [0.1, 0.15) is 44.4 Å². The topological polar surface area (TPSA) is 66.5 Å². The molecular weight excluding hydrogens is 555 g/mol. The molecule has 2 atom stereocenters.